The summed E-state index contributed by atoms with van der Waals surface area (Å²) >= 11 is 6.09. The van der Waals surface area contributed by atoms with E-state index in [9.17, 15) is 13.2 Å². The largest absolute Gasteiger partial charge is 0.348 e. The van der Waals surface area contributed by atoms with Gasteiger partial charge in [-0.2, -0.15) is 0 Å². The molecule has 0 aromatic heterocycles. The standard InChI is InChI=1S/C24H21ClN2O3S/c25-22-7-3-1-6-20(22)17-26-24(28)14-11-18-9-12-21(13-10-18)31(29,30)27-16-15-19-5-2-4-8-23(19)27/h1-14H,15-17H2,(H,26,28)/b14-11+. The number of nitrogens with zero attached hydrogens (tertiary/aromatic N) is 1. The first kappa shape index (κ1) is 21.2. The molecule has 158 valence electrons. The summed E-state index contributed by atoms with van der Waals surface area (Å²) in [6.07, 6.45) is 3.76. The lowest BCUT2D eigenvalue weighted by Gasteiger charge is -2.19. The van der Waals surface area contributed by atoms with Crippen LogP contribution in [0.3, 0.4) is 0 Å². The maximum absolute atomic E-state index is 13.1. The molecule has 0 spiro atoms. The maximum atomic E-state index is 13.1. The van der Waals surface area contributed by atoms with Crippen molar-refractivity contribution in [2.24, 2.45) is 0 Å². The highest BCUT2D eigenvalue weighted by molar-refractivity contribution is 7.92. The van der Waals surface area contributed by atoms with E-state index in [1.807, 2.05) is 42.5 Å². The van der Waals surface area contributed by atoms with Crippen LogP contribution >= 0.6 is 11.6 Å². The van der Waals surface area contributed by atoms with E-state index < -0.39 is 10.0 Å². The number of halogens is 1. The Bertz CT molecular complexity index is 1240. The first-order valence-electron chi connectivity index (χ1n) is 9.85. The van der Waals surface area contributed by atoms with Gasteiger partial charge >= 0.3 is 0 Å². The Morgan fingerprint density at radius 1 is 1.00 bits per heavy atom. The SMILES string of the molecule is O=C(/C=C/c1ccc(S(=O)(=O)N2CCc3ccccc32)cc1)NCc1ccccc1Cl. The molecule has 0 unspecified atom stereocenters. The van der Waals surface area contributed by atoms with E-state index >= 15 is 0 Å². The Morgan fingerprint density at radius 3 is 2.48 bits per heavy atom. The van der Waals surface area contributed by atoms with E-state index in [2.05, 4.69) is 5.32 Å². The quantitative estimate of drug-likeness (QED) is 0.563. The molecule has 1 amide bonds. The minimum Gasteiger partial charge on any atom is -0.348 e. The lowest BCUT2D eigenvalue weighted by atomic mass is 10.2. The highest BCUT2D eigenvalue weighted by Gasteiger charge is 2.30. The van der Waals surface area contributed by atoms with Gasteiger partial charge in [0.05, 0.1) is 10.6 Å². The number of amides is 1. The summed E-state index contributed by atoms with van der Waals surface area (Å²) in [5.74, 6) is -0.259. The van der Waals surface area contributed by atoms with Gasteiger partial charge in [-0.15, -0.1) is 0 Å². The second kappa shape index (κ2) is 8.96. The molecule has 4 rings (SSSR count). The molecular formula is C24H21ClN2O3S. The molecule has 0 aliphatic carbocycles. The molecule has 0 saturated heterocycles. The lowest BCUT2D eigenvalue weighted by Crippen LogP contribution is -2.29. The van der Waals surface area contributed by atoms with Gasteiger partial charge < -0.3 is 5.32 Å². The second-order valence-corrected chi connectivity index (χ2v) is 9.44. The Labute approximate surface area is 187 Å². The fourth-order valence-corrected chi connectivity index (χ4v) is 5.20. The minimum absolute atomic E-state index is 0.226. The van der Waals surface area contributed by atoms with Gasteiger partial charge in [0.1, 0.15) is 0 Å². The molecule has 1 aliphatic heterocycles. The fraction of sp³-hybridized carbons (Fsp3) is 0.125. The highest BCUT2D eigenvalue weighted by atomic mass is 35.5. The van der Waals surface area contributed by atoms with E-state index in [0.717, 1.165) is 22.4 Å². The third-order valence-corrected chi connectivity index (χ3v) is 7.35. The van der Waals surface area contributed by atoms with Crippen LogP contribution in [0, 0.1) is 0 Å². The number of anilines is 1. The summed E-state index contributed by atoms with van der Waals surface area (Å²) in [6.45, 7) is 0.770. The molecule has 0 fully saturated rings. The lowest BCUT2D eigenvalue weighted by molar-refractivity contribution is -0.116. The molecule has 31 heavy (non-hydrogen) atoms. The maximum Gasteiger partial charge on any atom is 0.264 e. The first-order valence-corrected chi connectivity index (χ1v) is 11.7. The van der Waals surface area contributed by atoms with Gasteiger partial charge in [-0.1, -0.05) is 60.1 Å². The van der Waals surface area contributed by atoms with Crippen molar-refractivity contribution in [2.45, 2.75) is 17.9 Å². The van der Waals surface area contributed by atoms with Crippen molar-refractivity contribution in [1.29, 1.82) is 0 Å². The molecule has 0 radical (unpaired) electrons. The van der Waals surface area contributed by atoms with Crippen LogP contribution < -0.4 is 9.62 Å². The molecule has 0 bridgehead atoms. The number of carbonyl (C=O) groups is 1. The molecule has 1 heterocycles. The second-order valence-electron chi connectivity index (χ2n) is 7.17. The number of hydrogen-bond donors (Lipinski definition) is 1. The van der Waals surface area contributed by atoms with Gasteiger partial charge in [-0.25, -0.2) is 8.42 Å². The fourth-order valence-electron chi connectivity index (χ4n) is 3.49. The summed E-state index contributed by atoms with van der Waals surface area (Å²) in [7, 11) is -3.63. The van der Waals surface area contributed by atoms with Gasteiger partial charge in [0.15, 0.2) is 0 Å². The number of rotatable bonds is 6. The molecule has 1 N–H and O–H groups in total. The number of hydrogen-bond acceptors (Lipinski definition) is 3. The summed E-state index contributed by atoms with van der Waals surface area (Å²) in [4.78, 5) is 12.3. The topological polar surface area (TPSA) is 66.5 Å². The van der Waals surface area contributed by atoms with Crippen LogP contribution in [0.15, 0.2) is 83.8 Å². The average Bonchev–Trinajstić information content (AvgIpc) is 3.22. The first-order chi connectivity index (χ1) is 14.9. The van der Waals surface area contributed by atoms with Gasteiger partial charge in [0, 0.05) is 24.2 Å². The van der Waals surface area contributed by atoms with Crippen LogP contribution in [0.2, 0.25) is 5.02 Å². The molecule has 1 aliphatic rings. The van der Waals surface area contributed by atoms with E-state index in [1.165, 1.54) is 10.4 Å². The number of sulfonamides is 1. The van der Waals surface area contributed by atoms with Crippen molar-refractivity contribution in [3.05, 3.63) is 101 Å². The van der Waals surface area contributed by atoms with E-state index in [0.29, 0.717) is 24.5 Å². The van der Waals surface area contributed by atoms with Gasteiger partial charge in [-0.05, 0) is 53.5 Å². The van der Waals surface area contributed by atoms with Crippen LogP contribution in [0.5, 0.6) is 0 Å². The summed E-state index contributed by atoms with van der Waals surface area (Å²) in [5, 5.41) is 3.38. The summed E-state index contributed by atoms with van der Waals surface area (Å²) in [5.41, 5.74) is 3.34. The minimum atomic E-state index is -3.63. The smallest absolute Gasteiger partial charge is 0.264 e. The van der Waals surface area contributed by atoms with Gasteiger partial charge in [0.2, 0.25) is 5.91 Å². The molecule has 3 aromatic carbocycles. The third-order valence-electron chi connectivity index (χ3n) is 5.15. The van der Waals surface area contributed by atoms with Crippen LogP contribution in [0.1, 0.15) is 16.7 Å². The summed E-state index contributed by atoms with van der Waals surface area (Å²) in [6, 6.07) is 21.4. The predicted octanol–water partition coefficient (Wildman–Crippen LogP) is 4.42. The Hall–Kier alpha value is -3.09. The van der Waals surface area contributed by atoms with Crippen molar-refractivity contribution < 1.29 is 13.2 Å². The highest BCUT2D eigenvalue weighted by Crippen LogP contribution is 2.32. The molecule has 3 aromatic rings. The molecule has 7 heteroatoms. The number of carbonyl (C=O) groups excluding carboxylic acids is 1. The van der Waals surface area contributed by atoms with Gasteiger partial charge in [-0.3, -0.25) is 9.10 Å². The molecule has 0 atom stereocenters. The Balaban J connectivity index is 1.41. The van der Waals surface area contributed by atoms with Crippen molar-refractivity contribution in [1.82, 2.24) is 5.32 Å². The van der Waals surface area contributed by atoms with Crippen LogP contribution in [-0.4, -0.2) is 20.9 Å². The van der Waals surface area contributed by atoms with Crippen molar-refractivity contribution >= 4 is 39.3 Å². The molecule has 5 nitrogen and oxygen atoms in total. The molecular weight excluding hydrogens is 432 g/mol. The zero-order chi connectivity index (χ0) is 21.8. The number of para-hydroxylation sites is 1. The molecule has 0 saturated carbocycles. The van der Waals surface area contributed by atoms with Gasteiger partial charge in [0.25, 0.3) is 10.0 Å². The monoisotopic (exact) mass is 452 g/mol. The zero-order valence-electron chi connectivity index (χ0n) is 16.7. The van der Waals surface area contributed by atoms with Crippen molar-refractivity contribution in [2.75, 3.05) is 10.8 Å². The average molecular weight is 453 g/mol. The third kappa shape index (κ3) is 4.65. The number of nitrogens with one attached hydrogen (secondary N) is 1. The van der Waals surface area contributed by atoms with Crippen molar-refractivity contribution in [3.8, 4) is 0 Å². The van der Waals surface area contributed by atoms with E-state index in [-0.39, 0.29) is 10.8 Å². The number of fused-ring (bicyclic) bond motifs is 1. The Kier molecular flexibility index (Phi) is 6.11. The van der Waals surface area contributed by atoms with Crippen LogP contribution in [0.4, 0.5) is 5.69 Å². The zero-order valence-corrected chi connectivity index (χ0v) is 18.2. The van der Waals surface area contributed by atoms with E-state index in [1.54, 1.807) is 36.4 Å². The Morgan fingerprint density at radius 2 is 1.71 bits per heavy atom. The normalized spacial score (nSPS) is 13.4. The van der Waals surface area contributed by atoms with Crippen LogP contribution in [-0.2, 0) is 27.8 Å². The van der Waals surface area contributed by atoms with E-state index in [4.69, 9.17) is 11.6 Å². The van der Waals surface area contributed by atoms with Crippen LogP contribution in [0.25, 0.3) is 6.08 Å². The summed E-state index contributed by atoms with van der Waals surface area (Å²) < 4.78 is 27.6. The predicted molar refractivity (Wildman–Crippen MR) is 123 cm³/mol. The van der Waals surface area contributed by atoms with Crippen molar-refractivity contribution in [3.63, 3.8) is 0 Å². The number of benzene rings is 3.